The van der Waals surface area contributed by atoms with Gasteiger partial charge in [-0.3, -0.25) is 0 Å². The predicted molar refractivity (Wildman–Crippen MR) is 54.1 cm³/mol. The van der Waals surface area contributed by atoms with Crippen LogP contribution in [0.1, 0.15) is 17.5 Å². The van der Waals surface area contributed by atoms with Gasteiger partial charge in [0.2, 0.25) is 0 Å². The van der Waals surface area contributed by atoms with Gasteiger partial charge in [-0.05, 0) is 37.1 Å². The topological polar surface area (TPSA) is 44.5 Å². The molecule has 1 aliphatic heterocycles. The van der Waals surface area contributed by atoms with Gasteiger partial charge in [0.25, 0.3) is 0 Å². The molecule has 82 valence electrons. The number of nitrogens with two attached hydrogens (primary N) is 1. The van der Waals surface area contributed by atoms with E-state index in [9.17, 15) is 4.39 Å². The second kappa shape index (κ2) is 4.59. The molecule has 15 heavy (non-hydrogen) atoms. The average Bonchev–Trinajstić information content (AvgIpc) is 2.28. The largest absolute Gasteiger partial charge is 0.467 e. The molecule has 0 radical (unpaired) electrons. The highest BCUT2D eigenvalue weighted by Crippen LogP contribution is 2.29. The first-order chi connectivity index (χ1) is 7.33. The highest BCUT2D eigenvalue weighted by Gasteiger charge is 2.17. The first-order valence-corrected chi connectivity index (χ1v) is 5.04. The lowest BCUT2D eigenvalue weighted by Crippen LogP contribution is -2.15. The van der Waals surface area contributed by atoms with Crippen molar-refractivity contribution in [2.45, 2.75) is 19.4 Å². The zero-order chi connectivity index (χ0) is 10.7. The Labute approximate surface area is 88.0 Å². The third-order valence-electron chi connectivity index (χ3n) is 2.51. The Morgan fingerprint density at radius 3 is 3.07 bits per heavy atom. The molecular formula is C11H14FNO2. The molecule has 4 heteroatoms. The van der Waals surface area contributed by atoms with E-state index >= 15 is 0 Å². The van der Waals surface area contributed by atoms with E-state index in [0.717, 1.165) is 17.7 Å². The van der Waals surface area contributed by atoms with Crippen molar-refractivity contribution in [3.63, 3.8) is 0 Å². The van der Waals surface area contributed by atoms with Crippen LogP contribution in [-0.4, -0.2) is 13.3 Å². The molecule has 0 bridgehead atoms. The predicted octanol–water partition coefficient (Wildman–Crippen LogP) is 1.58. The van der Waals surface area contributed by atoms with Crippen molar-refractivity contribution in [1.82, 2.24) is 0 Å². The minimum Gasteiger partial charge on any atom is -0.467 e. The first kappa shape index (κ1) is 10.4. The molecule has 1 aromatic rings. The third-order valence-corrected chi connectivity index (χ3v) is 2.51. The maximum atomic E-state index is 13.5. The van der Waals surface area contributed by atoms with Crippen LogP contribution in [-0.2, 0) is 17.8 Å². The van der Waals surface area contributed by atoms with E-state index in [-0.39, 0.29) is 12.6 Å². The van der Waals surface area contributed by atoms with E-state index in [1.54, 1.807) is 6.07 Å². The summed E-state index contributed by atoms with van der Waals surface area (Å²) in [5.74, 6) is 0.533. The summed E-state index contributed by atoms with van der Waals surface area (Å²) >= 11 is 0. The lowest BCUT2D eigenvalue weighted by molar-refractivity contribution is -0.0171. The van der Waals surface area contributed by atoms with Crippen molar-refractivity contribution >= 4 is 0 Å². The van der Waals surface area contributed by atoms with Crippen LogP contribution in [0.15, 0.2) is 12.1 Å². The van der Waals surface area contributed by atoms with E-state index in [2.05, 4.69) is 0 Å². The van der Waals surface area contributed by atoms with Crippen LogP contribution in [0.5, 0.6) is 5.75 Å². The molecule has 2 rings (SSSR count). The fourth-order valence-electron chi connectivity index (χ4n) is 1.73. The van der Waals surface area contributed by atoms with Crippen molar-refractivity contribution in [1.29, 1.82) is 0 Å². The summed E-state index contributed by atoms with van der Waals surface area (Å²) in [4.78, 5) is 0. The molecule has 0 amide bonds. The number of hydrogen-bond acceptors (Lipinski definition) is 3. The molecule has 3 nitrogen and oxygen atoms in total. The Hall–Kier alpha value is -1.13. The van der Waals surface area contributed by atoms with Crippen LogP contribution >= 0.6 is 0 Å². The molecule has 1 aromatic carbocycles. The Kier molecular flexibility index (Phi) is 3.18. The van der Waals surface area contributed by atoms with Gasteiger partial charge in [-0.1, -0.05) is 0 Å². The van der Waals surface area contributed by atoms with Gasteiger partial charge in [-0.15, -0.1) is 0 Å². The van der Waals surface area contributed by atoms with Gasteiger partial charge in [0.15, 0.2) is 6.79 Å². The molecule has 1 aliphatic rings. The van der Waals surface area contributed by atoms with Crippen molar-refractivity contribution in [3.8, 4) is 5.75 Å². The Morgan fingerprint density at radius 2 is 2.27 bits per heavy atom. The highest BCUT2D eigenvalue weighted by atomic mass is 19.1. The van der Waals surface area contributed by atoms with Crippen LogP contribution in [0.4, 0.5) is 4.39 Å². The van der Waals surface area contributed by atoms with E-state index < -0.39 is 0 Å². The van der Waals surface area contributed by atoms with Crippen LogP contribution < -0.4 is 10.5 Å². The molecule has 0 spiro atoms. The summed E-state index contributed by atoms with van der Waals surface area (Å²) in [6, 6.07) is 3.09. The lowest BCUT2D eigenvalue weighted by Gasteiger charge is -2.20. The summed E-state index contributed by atoms with van der Waals surface area (Å²) in [6.45, 7) is 1.23. The van der Waals surface area contributed by atoms with Crippen molar-refractivity contribution in [2.24, 2.45) is 5.73 Å². The monoisotopic (exact) mass is 211 g/mol. The standard InChI is InChI=1S/C11H14FNO2/c12-10-3-4-11-9(6-14-7-15-11)8(10)2-1-5-13/h3-4H,1-2,5-7,13H2. The number of halogens is 1. The van der Waals surface area contributed by atoms with Gasteiger partial charge in [0.05, 0.1) is 6.61 Å². The maximum absolute atomic E-state index is 13.5. The fraction of sp³-hybridized carbons (Fsp3) is 0.455. The Morgan fingerprint density at radius 1 is 1.40 bits per heavy atom. The number of benzene rings is 1. The van der Waals surface area contributed by atoms with Crippen LogP contribution in [0.25, 0.3) is 0 Å². The molecule has 0 unspecified atom stereocenters. The first-order valence-electron chi connectivity index (χ1n) is 5.04. The average molecular weight is 211 g/mol. The van der Waals surface area contributed by atoms with Gasteiger partial charge >= 0.3 is 0 Å². The molecule has 0 saturated heterocycles. The van der Waals surface area contributed by atoms with Gasteiger partial charge in [-0.2, -0.15) is 0 Å². The molecule has 2 N–H and O–H groups in total. The normalized spacial score (nSPS) is 14.5. The van der Waals surface area contributed by atoms with Crippen LogP contribution in [0.3, 0.4) is 0 Å². The summed E-state index contributed by atoms with van der Waals surface area (Å²) in [7, 11) is 0. The number of hydrogen-bond donors (Lipinski definition) is 1. The molecule has 0 aliphatic carbocycles. The highest BCUT2D eigenvalue weighted by molar-refractivity contribution is 5.41. The lowest BCUT2D eigenvalue weighted by atomic mass is 10.0. The zero-order valence-electron chi connectivity index (χ0n) is 8.46. The molecule has 0 aromatic heterocycles. The second-order valence-corrected chi connectivity index (χ2v) is 3.51. The summed E-state index contributed by atoms with van der Waals surface area (Å²) in [5.41, 5.74) is 6.92. The summed E-state index contributed by atoms with van der Waals surface area (Å²) < 4.78 is 24.0. The minimum atomic E-state index is -0.198. The second-order valence-electron chi connectivity index (χ2n) is 3.51. The van der Waals surface area contributed by atoms with E-state index in [1.807, 2.05) is 0 Å². The SMILES string of the molecule is NCCCc1c(F)ccc2c1COCO2. The van der Waals surface area contributed by atoms with E-state index in [0.29, 0.717) is 25.1 Å². The fourth-order valence-corrected chi connectivity index (χ4v) is 1.73. The van der Waals surface area contributed by atoms with Crippen LogP contribution in [0, 0.1) is 5.82 Å². The molecular weight excluding hydrogens is 197 g/mol. The van der Waals surface area contributed by atoms with Crippen molar-refractivity contribution in [2.75, 3.05) is 13.3 Å². The van der Waals surface area contributed by atoms with Gasteiger partial charge in [-0.25, -0.2) is 4.39 Å². The van der Waals surface area contributed by atoms with Gasteiger partial charge in [0, 0.05) is 5.56 Å². The number of ether oxygens (including phenoxy) is 2. The van der Waals surface area contributed by atoms with E-state index in [1.165, 1.54) is 6.07 Å². The molecule has 0 saturated carbocycles. The quantitative estimate of drug-likeness (QED) is 0.825. The van der Waals surface area contributed by atoms with Crippen molar-refractivity contribution in [3.05, 3.63) is 29.1 Å². The molecule has 1 heterocycles. The van der Waals surface area contributed by atoms with E-state index in [4.69, 9.17) is 15.2 Å². The van der Waals surface area contributed by atoms with Crippen molar-refractivity contribution < 1.29 is 13.9 Å². The maximum Gasteiger partial charge on any atom is 0.189 e. The van der Waals surface area contributed by atoms with Gasteiger partial charge < -0.3 is 15.2 Å². The van der Waals surface area contributed by atoms with Gasteiger partial charge in [0.1, 0.15) is 11.6 Å². The minimum absolute atomic E-state index is 0.198. The summed E-state index contributed by atoms with van der Waals surface area (Å²) in [5, 5.41) is 0. The Balaban J connectivity index is 2.32. The molecule has 0 atom stereocenters. The smallest absolute Gasteiger partial charge is 0.189 e. The summed E-state index contributed by atoms with van der Waals surface area (Å²) in [6.07, 6.45) is 1.41. The van der Waals surface area contributed by atoms with Crippen LogP contribution in [0.2, 0.25) is 0 Å². The number of fused-ring (bicyclic) bond motifs is 1. The third kappa shape index (κ3) is 2.11. The Bertz CT molecular complexity index is 355. The zero-order valence-corrected chi connectivity index (χ0v) is 8.46. The molecule has 0 fully saturated rings. The number of rotatable bonds is 3.